The summed E-state index contributed by atoms with van der Waals surface area (Å²) in [6, 6.07) is 7.75. The number of aryl methyl sites for hydroxylation is 1. The number of nitrogens with one attached hydrogen (secondary N) is 1. The van der Waals surface area contributed by atoms with Crippen molar-refractivity contribution in [3.8, 4) is 5.75 Å². The number of rotatable bonds is 8. The second kappa shape index (κ2) is 9.41. The third-order valence-electron chi connectivity index (χ3n) is 4.69. The Morgan fingerprint density at radius 3 is 2.66 bits per heavy atom. The third kappa shape index (κ3) is 4.62. The lowest BCUT2D eigenvalue weighted by molar-refractivity contribution is -0.142. The van der Waals surface area contributed by atoms with E-state index in [1.165, 1.54) is 12.0 Å². The Kier molecular flexibility index (Phi) is 6.92. The molecule has 2 heterocycles. The summed E-state index contributed by atoms with van der Waals surface area (Å²) in [6.45, 7) is 4.56. The van der Waals surface area contributed by atoms with Gasteiger partial charge in [-0.15, -0.1) is 11.3 Å². The number of methoxy groups -OCH3 is 2. The average Bonchev–Trinajstić information content (AvgIpc) is 3.16. The molecule has 0 saturated heterocycles. The molecule has 0 fully saturated rings. The highest BCUT2D eigenvalue weighted by Crippen LogP contribution is 2.32. The van der Waals surface area contributed by atoms with Crippen molar-refractivity contribution in [1.29, 1.82) is 0 Å². The van der Waals surface area contributed by atoms with Crippen LogP contribution < -0.4 is 10.1 Å². The first-order valence-electron chi connectivity index (χ1n) is 9.45. The summed E-state index contributed by atoms with van der Waals surface area (Å²) in [4.78, 5) is 23.6. The second-order valence-electron chi connectivity index (χ2n) is 6.52. The highest BCUT2D eigenvalue weighted by Gasteiger charge is 2.24. The summed E-state index contributed by atoms with van der Waals surface area (Å²) in [6.07, 6.45) is 1.48. The molecule has 0 spiro atoms. The van der Waals surface area contributed by atoms with Gasteiger partial charge in [-0.1, -0.05) is 31.5 Å². The monoisotopic (exact) mass is 433 g/mol. The first-order chi connectivity index (χ1) is 14.0. The zero-order valence-corrected chi connectivity index (χ0v) is 18.5. The molecule has 0 aliphatic carbocycles. The molecule has 0 bridgehead atoms. The minimum Gasteiger partial charge on any atom is -0.495 e. The molecule has 2 aromatic heterocycles. The summed E-state index contributed by atoms with van der Waals surface area (Å²) in [5.74, 6) is 0.998. The maximum absolute atomic E-state index is 12.2. The summed E-state index contributed by atoms with van der Waals surface area (Å²) in [7, 11) is 2.97. The lowest BCUT2D eigenvalue weighted by Crippen LogP contribution is -2.17. The number of hydrogen-bond acceptors (Lipinski definition) is 7. The van der Waals surface area contributed by atoms with E-state index in [0.717, 1.165) is 22.2 Å². The van der Waals surface area contributed by atoms with Gasteiger partial charge in [-0.25, -0.2) is 9.97 Å². The van der Waals surface area contributed by atoms with Crippen molar-refractivity contribution in [2.45, 2.75) is 39.2 Å². The van der Waals surface area contributed by atoms with Crippen molar-refractivity contribution in [1.82, 2.24) is 9.97 Å². The molecule has 0 aliphatic heterocycles. The Morgan fingerprint density at radius 2 is 2.03 bits per heavy atom. The molecule has 0 saturated carbocycles. The van der Waals surface area contributed by atoms with Gasteiger partial charge in [-0.05, 0) is 36.6 Å². The first-order valence-corrected chi connectivity index (χ1v) is 10.6. The number of ether oxygens (including phenoxy) is 2. The van der Waals surface area contributed by atoms with Gasteiger partial charge in [0.2, 0.25) is 0 Å². The van der Waals surface area contributed by atoms with Gasteiger partial charge in [0, 0.05) is 11.4 Å². The van der Waals surface area contributed by atoms with Gasteiger partial charge < -0.3 is 14.8 Å². The predicted molar refractivity (Wildman–Crippen MR) is 117 cm³/mol. The maximum atomic E-state index is 12.2. The standard InChI is InChI=1S/C21H24ClN3O3S/c1-5-13-10-15-18(23-11-12-7-8-17(27-3)16(22)9-12)24-19(25-20(15)29-13)14(6-2)21(26)28-4/h7-10,14H,5-6,11H2,1-4H3,(H,23,24,25). The van der Waals surface area contributed by atoms with Crippen LogP contribution in [0.1, 0.15) is 42.5 Å². The summed E-state index contributed by atoms with van der Waals surface area (Å²) in [5.41, 5.74) is 0.995. The van der Waals surface area contributed by atoms with Crippen LogP contribution in [0.4, 0.5) is 5.82 Å². The van der Waals surface area contributed by atoms with Gasteiger partial charge in [0.05, 0.1) is 24.6 Å². The molecule has 1 N–H and O–H groups in total. The van der Waals surface area contributed by atoms with Crippen LogP contribution in [0, 0.1) is 0 Å². The molecule has 8 heteroatoms. The number of carbonyl (C=O) groups excluding carboxylic acids is 1. The zero-order chi connectivity index (χ0) is 21.0. The molecule has 6 nitrogen and oxygen atoms in total. The molecular weight excluding hydrogens is 410 g/mol. The highest BCUT2D eigenvalue weighted by molar-refractivity contribution is 7.18. The van der Waals surface area contributed by atoms with E-state index in [2.05, 4.69) is 28.3 Å². The van der Waals surface area contributed by atoms with E-state index in [-0.39, 0.29) is 5.97 Å². The Bertz CT molecular complexity index is 1020. The fourth-order valence-corrected chi connectivity index (χ4v) is 4.31. The van der Waals surface area contributed by atoms with Crippen LogP contribution in [0.5, 0.6) is 5.75 Å². The lowest BCUT2D eigenvalue weighted by atomic mass is 10.1. The van der Waals surface area contributed by atoms with Gasteiger partial charge in [-0.3, -0.25) is 4.79 Å². The minimum absolute atomic E-state index is 0.327. The number of hydrogen-bond donors (Lipinski definition) is 1. The van der Waals surface area contributed by atoms with Gasteiger partial charge in [0.25, 0.3) is 0 Å². The summed E-state index contributed by atoms with van der Waals surface area (Å²) >= 11 is 7.86. The smallest absolute Gasteiger partial charge is 0.316 e. The molecule has 1 aromatic carbocycles. The summed E-state index contributed by atoms with van der Waals surface area (Å²) < 4.78 is 10.1. The van der Waals surface area contributed by atoms with Crippen LogP contribution in [-0.4, -0.2) is 30.2 Å². The number of benzene rings is 1. The van der Waals surface area contributed by atoms with Gasteiger partial charge in [-0.2, -0.15) is 0 Å². The van der Waals surface area contributed by atoms with Crippen molar-refractivity contribution in [3.63, 3.8) is 0 Å². The zero-order valence-electron chi connectivity index (χ0n) is 16.9. The van der Waals surface area contributed by atoms with Gasteiger partial charge in [0.15, 0.2) is 0 Å². The van der Waals surface area contributed by atoms with Crippen LogP contribution >= 0.6 is 22.9 Å². The molecule has 0 aliphatic rings. The molecule has 0 amide bonds. The molecular formula is C21H24ClN3O3S. The van der Waals surface area contributed by atoms with E-state index < -0.39 is 5.92 Å². The number of halogens is 1. The van der Waals surface area contributed by atoms with Crippen LogP contribution in [0.25, 0.3) is 10.2 Å². The molecule has 1 atom stereocenters. The van der Waals surface area contributed by atoms with Crippen molar-refractivity contribution in [2.75, 3.05) is 19.5 Å². The van der Waals surface area contributed by atoms with E-state index in [0.29, 0.717) is 35.4 Å². The van der Waals surface area contributed by atoms with Crippen molar-refractivity contribution < 1.29 is 14.3 Å². The van der Waals surface area contributed by atoms with Gasteiger partial charge in [0.1, 0.15) is 28.1 Å². The number of carbonyl (C=O) groups is 1. The van der Waals surface area contributed by atoms with Crippen LogP contribution in [0.3, 0.4) is 0 Å². The number of thiophene rings is 1. The topological polar surface area (TPSA) is 73.3 Å². The fourth-order valence-electron chi connectivity index (χ4n) is 3.06. The summed E-state index contributed by atoms with van der Waals surface area (Å²) in [5, 5.41) is 4.90. The van der Waals surface area contributed by atoms with E-state index in [9.17, 15) is 4.79 Å². The van der Waals surface area contributed by atoms with Crippen LogP contribution in [-0.2, 0) is 22.5 Å². The Hall–Kier alpha value is -2.38. The van der Waals surface area contributed by atoms with Crippen LogP contribution in [0.2, 0.25) is 5.02 Å². The number of esters is 1. The lowest BCUT2D eigenvalue weighted by Gasteiger charge is -2.14. The van der Waals surface area contributed by atoms with E-state index in [4.69, 9.17) is 21.1 Å². The van der Waals surface area contributed by atoms with Crippen molar-refractivity contribution in [2.24, 2.45) is 0 Å². The van der Waals surface area contributed by atoms with Crippen LogP contribution in [0.15, 0.2) is 24.3 Å². The number of anilines is 1. The minimum atomic E-state index is -0.493. The Morgan fingerprint density at radius 1 is 1.24 bits per heavy atom. The molecule has 29 heavy (non-hydrogen) atoms. The van der Waals surface area contributed by atoms with E-state index in [1.807, 2.05) is 25.1 Å². The predicted octanol–water partition coefficient (Wildman–Crippen LogP) is 5.19. The van der Waals surface area contributed by atoms with Crippen molar-refractivity contribution in [3.05, 3.63) is 45.6 Å². The van der Waals surface area contributed by atoms with Crippen molar-refractivity contribution >= 4 is 44.9 Å². The number of aromatic nitrogens is 2. The first kappa shape index (κ1) is 21.3. The Balaban J connectivity index is 1.97. The quantitative estimate of drug-likeness (QED) is 0.492. The van der Waals surface area contributed by atoms with E-state index in [1.54, 1.807) is 18.4 Å². The number of fused-ring (bicyclic) bond motifs is 1. The SMILES string of the molecule is CCc1cc2c(NCc3ccc(OC)c(Cl)c3)nc(C(CC)C(=O)OC)nc2s1. The maximum Gasteiger partial charge on any atom is 0.316 e. The average molecular weight is 434 g/mol. The molecule has 154 valence electrons. The molecule has 3 rings (SSSR count). The molecule has 3 aromatic rings. The number of nitrogens with zero attached hydrogens (tertiary/aromatic N) is 2. The normalized spacial score (nSPS) is 12.0. The second-order valence-corrected chi connectivity index (χ2v) is 8.04. The highest BCUT2D eigenvalue weighted by atomic mass is 35.5. The van der Waals surface area contributed by atoms with Gasteiger partial charge >= 0.3 is 5.97 Å². The largest absolute Gasteiger partial charge is 0.495 e. The molecule has 0 radical (unpaired) electrons. The molecule has 1 unspecified atom stereocenters. The third-order valence-corrected chi connectivity index (χ3v) is 6.16. The fraction of sp³-hybridized carbons (Fsp3) is 0.381. The van der Waals surface area contributed by atoms with E-state index >= 15 is 0 Å². The Labute approximate surface area is 179 Å².